The third-order valence-corrected chi connectivity index (χ3v) is 11.4. The predicted molar refractivity (Wildman–Crippen MR) is 184 cm³/mol. The first-order valence-corrected chi connectivity index (χ1v) is 17.3. The topological polar surface area (TPSA) is 109 Å². The van der Waals surface area contributed by atoms with Crippen LogP contribution in [0.25, 0.3) is 0 Å². The third kappa shape index (κ3) is 5.45. The first-order chi connectivity index (χ1) is 23.6. The molecule has 258 valence electrons. The Bertz CT molecular complexity index is 1740. The fourth-order valence-corrected chi connectivity index (χ4v) is 8.90. The number of methoxy groups -OCH3 is 1. The van der Waals surface area contributed by atoms with Crippen LogP contribution in [0.4, 0.5) is 16.2 Å². The summed E-state index contributed by atoms with van der Waals surface area (Å²) in [7, 11) is 1.64. The molecule has 49 heavy (non-hydrogen) atoms. The number of rotatable bonds is 9. The Morgan fingerprint density at radius 3 is 2.53 bits per heavy atom. The second-order valence-corrected chi connectivity index (χ2v) is 14.3. The number of para-hydroxylation sites is 1. The number of carbonyl (C=O) groups excluding carboxylic acids is 3. The van der Waals surface area contributed by atoms with Crippen LogP contribution in [0.1, 0.15) is 56.7 Å². The molecule has 1 N–H and O–H groups in total. The number of nitrogens with zero attached hydrogens (tertiary/aromatic N) is 3. The lowest BCUT2D eigenvalue weighted by molar-refractivity contribution is -0.150. The van der Waals surface area contributed by atoms with Crippen LogP contribution in [0.5, 0.6) is 5.75 Å². The van der Waals surface area contributed by atoms with Crippen LogP contribution in [0.3, 0.4) is 0 Å². The summed E-state index contributed by atoms with van der Waals surface area (Å²) in [6.07, 6.45) is 0.787. The van der Waals surface area contributed by atoms with Gasteiger partial charge in [-0.1, -0.05) is 63.2 Å². The number of fused-ring (bicyclic) bond motifs is 2. The standard InChI is InChI=1S/C39H45N3O7/c1-25-35(38(2,3)27-14-16-30(47-4)17-15-27)33(22-34(44)40-18-8-11-29(40)24-43)49-39(25)31-12-5-6-13-32(31)42(36(39)45)23-26-9-7-10-28(21-26)41-19-20-48-37(41)46/h5-7,9-10,12-17,21,25,29,33,35,43H,8,11,18-20,22-24H2,1-4H3/t25-,29-,33+,35-,39+/m0/s1. The zero-order valence-electron chi connectivity index (χ0n) is 28.6. The smallest absolute Gasteiger partial charge is 0.414 e. The van der Waals surface area contributed by atoms with E-state index in [0.29, 0.717) is 19.7 Å². The number of carbonyl (C=O) groups is 3. The van der Waals surface area contributed by atoms with Gasteiger partial charge in [-0.15, -0.1) is 0 Å². The van der Waals surface area contributed by atoms with Crippen molar-refractivity contribution in [1.82, 2.24) is 4.90 Å². The molecule has 3 aromatic rings. The van der Waals surface area contributed by atoms with Crippen LogP contribution in [0, 0.1) is 11.8 Å². The van der Waals surface area contributed by atoms with Gasteiger partial charge < -0.3 is 29.1 Å². The van der Waals surface area contributed by atoms with E-state index < -0.39 is 17.1 Å². The second-order valence-electron chi connectivity index (χ2n) is 14.3. The van der Waals surface area contributed by atoms with E-state index in [-0.39, 0.29) is 55.4 Å². The van der Waals surface area contributed by atoms with Crippen LogP contribution >= 0.6 is 0 Å². The largest absolute Gasteiger partial charge is 0.497 e. The lowest BCUT2D eigenvalue weighted by Crippen LogP contribution is -2.45. The normalized spacial score (nSPS) is 26.5. The highest BCUT2D eigenvalue weighted by Crippen LogP contribution is 2.60. The van der Waals surface area contributed by atoms with Crippen LogP contribution in [-0.2, 0) is 36.6 Å². The predicted octanol–water partition coefficient (Wildman–Crippen LogP) is 5.40. The van der Waals surface area contributed by atoms with E-state index in [1.807, 2.05) is 60.7 Å². The summed E-state index contributed by atoms with van der Waals surface area (Å²) in [6.45, 7) is 8.06. The lowest BCUT2D eigenvalue weighted by Gasteiger charge is -2.39. The molecule has 4 aliphatic heterocycles. The molecule has 0 aromatic heterocycles. The minimum Gasteiger partial charge on any atom is -0.497 e. The SMILES string of the molecule is COc1ccc(C(C)(C)[C@@H]2[C@@H](CC(=O)N3CCC[C@H]3CO)O[C@]3(C(=O)N(Cc4cccc(N5CCOC5=O)c4)c4ccccc43)[C@H]2C)cc1. The van der Waals surface area contributed by atoms with Crippen molar-refractivity contribution in [1.29, 1.82) is 0 Å². The summed E-state index contributed by atoms with van der Waals surface area (Å²) in [6, 6.07) is 23.2. The summed E-state index contributed by atoms with van der Waals surface area (Å²) in [5, 5.41) is 10.0. The molecule has 1 spiro atoms. The van der Waals surface area contributed by atoms with Gasteiger partial charge in [-0.3, -0.25) is 14.5 Å². The monoisotopic (exact) mass is 667 g/mol. The molecule has 3 aromatic carbocycles. The van der Waals surface area contributed by atoms with Crippen molar-refractivity contribution in [2.75, 3.05) is 43.2 Å². The Morgan fingerprint density at radius 2 is 1.82 bits per heavy atom. The number of anilines is 2. The Morgan fingerprint density at radius 1 is 1.04 bits per heavy atom. The van der Waals surface area contributed by atoms with Crippen molar-refractivity contribution in [2.24, 2.45) is 11.8 Å². The summed E-state index contributed by atoms with van der Waals surface area (Å²) in [5.74, 6) is 0.00508. The fourth-order valence-electron chi connectivity index (χ4n) is 8.90. The quantitative estimate of drug-likeness (QED) is 0.326. The number of ether oxygens (including phenoxy) is 3. The minimum atomic E-state index is -1.31. The van der Waals surface area contributed by atoms with Gasteiger partial charge in [0.1, 0.15) is 12.4 Å². The molecule has 10 heteroatoms. The van der Waals surface area contributed by atoms with Crippen molar-refractivity contribution in [3.8, 4) is 5.75 Å². The average molecular weight is 668 g/mol. The molecule has 4 heterocycles. The molecule has 0 unspecified atom stereocenters. The van der Waals surface area contributed by atoms with E-state index in [1.54, 1.807) is 21.8 Å². The minimum absolute atomic E-state index is 0.0610. The number of aliphatic hydroxyl groups is 1. The molecule has 0 radical (unpaired) electrons. The Balaban J connectivity index is 1.27. The zero-order valence-corrected chi connectivity index (χ0v) is 28.6. The van der Waals surface area contributed by atoms with Crippen LogP contribution < -0.4 is 14.5 Å². The maximum Gasteiger partial charge on any atom is 0.414 e. The highest BCUT2D eigenvalue weighted by molar-refractivity contribution is 6.07. The van der Waals surface area contributed by atoms with E-state index in [1.165, 1.54) is 0 Å². The fraction of sp³-hybridized carbons (Fsp3) is 0.462. The van der Waals surface area contributed by atoms with E-state index in [9.17, 15) is 14.7 Å². The van der Waals surface area contributed by atoms with Gasteiger partial charge >= 0.3 is 6.09 Å². The molecule has 5 atom stereocenters. The van der Waals surface area contributed by atoms with Gasteiger partial charge in [-0.2, -0.15) is 0 Å². The van der Waals surface area contributed by atoms with Crippen molar-refractivity contribution >= 4 is 29.3 Å². The van der Waals surface area contributed by atoms with Crippen LogP contribution in [0.2, 0.25) is 0 Å². The number of amides is 3. The second kappa shape index (κ2) is 12.8. The average Bonchev–Trinajstić information content (AvgIpc) is 3.88. The maximum atomic E-state index is 15.0. The molecule has 7 rings (SSSR count). The third-order valence-electron chi connectivity index (χ3n) is 11.4. The Kier molecular flexibility index (Phi) is 8.65. The van der Waals surface area contributed by atoms with Gasteiger partial charge in [0.2, 0.25) is 5.91 Å². The first kappa shape index (κ1) is 33.1. The van der Waals surface area contributed by atoms with Crippen molar-refractivity contribution < 1.29 is 33.7 Å². The van der Waals surface area contributed by atoms with E-state index in [0.717, 1.165) is 46.7 Å². The molecule has 3 fully saturated rings. The molecular formula is C39H45N3O7. The van der Waals surface area contributed by atoms with Gasteiger partial charge in [-0.05, 0) is 59.7 Å². The Hall–Kier alpha value is -4.41. The Labute approximate surface area is 287 Å². The molecule has 0 bridgehead atoms. The summed E-state index contributed by atoms with van der Waals surface area (Å²) >= 11 is 0. The van der Waals surface area contributed by atoms with Crippen LogP contribution in [-0.4, -0.2) is 73.5 Å². The number of likely N-dealkylation sites (tertiary alicyclic amines) is 1. The molecule has 0 aliphatic carbocycles. The zero-order chi connectivity index (χ0) is 34.5. The highest BCUT2D eigenvalue weighted by atomic mass is 16.6. The molecule has 10 nitrogen and oxygen atoms in total. The van der Waals surface area contributed by atoms with Gasteiger partial charge in [0.05, 0.1) is 51.1 Å². The maximum absolute atomic E-state index is 15.0. The van der Waals surface area contributed by atoms with Gasteiger partial charge in [0, 0.05) is 29.6 Å². The van der Waals surface area contributed by atoms with Gasteiger partial charge in [0.25, 0.3) is 5.91 Å². The summed E-state index contributed by atoms with van der Waals surface area (Å²) < 4.78 is 17.7. The van der Waals surface area contributed by atoms with E-state index >= 15 is 4.79 Å². The molecule has 4 aliphatic rings. The molecule has 3 amide bonds. The number of hydrogen-bond acceptors (Lipinski definition) is 7. The molecule has 0 saturated carbocycles. The van der Waals surface area contributed by atoms with Gasteiger partial charge in [-0.25, -0.2) is 4.79 Å². The van der Waals surface area contributed by atoms with Crippen LogP contribution in [0.15, 0.2) is 72.8 Å². The molecular weight excluding hydrogens is 622 g/mol. The number of cyclic esters (lactones) is 1. The molecule has 3 saturated heterocycles. The highest BCUT2D eigenvalue weighted by Gasteiger charge is 2.66. The van der Waals surface area contributed by atoms with Crippen molar-refractivity contribution in [2.45, 2.75) is 69.7 Å². The summed E-state index contributed by atoms with van der Waals surface area (Å²) in [5.41, 5.74) is 2.42. The lowest BCUT2D eigenvalue weighted by atomic mass is 9.63. The number of benzene rings is 3. The van der Waals surface area contributed by atoms with Crippen molar-refractivity contribution in [3.05, 3.63) is 89.5 Å². The first-order valence-electron chi connectivity index (χ1n) is 17.3. The van der Waals surface area contributed by atoms with Gasteiger partial charge in [0.15, 0.2) is 5.60 Å². The van der Waals surface area contributed by atoms with E-state index in [2.05, 4.69) is 32.9 Å². The summed E-state index contributed by atoms with van der Waals surface area (Å²) in [4.78, 5) is 46.5. The number of aliphatic hydroxyl groups excluding tert-OH is 1. The van der Waals surface area contributed by atoms with E-state index in [4.69, 9.17) is 14.2 Å². The van der Waals surface area contributed by atoms with Crippen molar-refractivity contribution in [3.63, 3.8) is 0 Å². The number of hydrogen-bond donors (Lipinski definition) is 1.